The molecule has 0 aliphatic rings. The van der Waals surface area contributed by atoms with Crippen LogP contribution in [0.25, 0.3) is 0 Å². The van der Waals surface area contributed by atoms with Gasteiger partial charge in [0.2, 0.25) is 0 Å². The maximum Gasteiger partial charge on any atom is 0.191 e. The number of unbranched alkanes of at least 4 members (excludes halogenated alkanes) is 1. The van der Waals surface area contributed by atoms with Gasteiger partial charge in [0.05, 0.1) is 0 Å². The molecule has 0 saturated carbocycles. The second kappa shape index (κ2) is 12.3. The summed E-state index contributed by atoms with van der Waals surface area (Å²) in [5.41, 5.74) is 0. The summed E-state index contributed by atoms with van der Waals surface area (Å²) in [5.74, 6) is 1.67. The van der Waals surface area contributed by atoms with Gasteiger partial charge in [0.25, 0.3) is 0 Å². The molecule has 0 amide bonds. The van der Waals surface area contributed by atoms with Gasteiger partial charge in [-0.3, -0.25) is 4.99 Å². The van der Waals surface area contributed by atoms with E-state index in [4.69, 9.17) is 0 Å². The van der Waals surface area contributed by atoms with Crippen LogP contribution in [0.5, 0.6) is 0 Å². The third-order valence-electron chi connectivity index (χ3n) is 3.00. The molecule has 0 radical (unpaired) electrons. The van der Waals surface area contributed by atoms with Gasteiger partial charge < -0.3 is 15.5 Å². The Kier molecular flexibility index (Phi) is 11.8. The Bertz CT molecular complexity index is 226. The zero-order valence-electron chi connectivity index (χ0n) is 13.6. The van der Waals surface area contributed by atoms with Crippen molar-refractivity contribution in [1.29, 1.82) is 0 Å². The van der Waals surface area contributed by atoms with Crippen molar-refractivity contribution in [3.63, 3.8) is 0 Å². The summed E-state index contributed by atoms with van der Waals surface area (Å²) in [4.78, 5) is 6.96. The number of guanidine groups is 1. The van der Waals surface area contributed by atoms with Gasteiger partial charge in [0.15, 0.2) is 5.96 Å². The molecule has 0 saturated heterocycles. The Labute approximate surface area is 120 Å². The second-order valence-electron chi connectivity index (χ2n) is 5.53. The molecule has 19 heavy (non-hydrogen) atoms. The molecule has 4 heteroatoms. The minimum atomic E-state index is 0.715. The van der Waals surface area contributed by atoms with Crippen LogP contribution in [0.4, 0.5) is 0 Å². The lowest BCUT2D eigenvalue weighted by Crippen LogP contribution is -2.41. The van der Waals surface area contributed by atoms with Crippen LogP contribution < -0.4 is 10.6 Å². The van der Waals surface area contributed by atoms with Crippen molar-refractivity contribution < 1.29 is 0 Å². The summed E-state index contributed by atoms with van der Waals surface area (Å²) >= 11 is 0. The van der Waals surface area contributed by atoms with E-state index in [1.807, 2.05) is 0 Å². The van der Waals surface area contributed by atoms with Gasteiger partial charge in [0.1, 0.15) is 0 Å². The van der Waals surface area contributed by atoms with E-state index in [-0.39, 0.29) is 0 Å². The van der Waals surface area contributed by atoms with Crippen molar-refractivity contribution in [3.05, 3.63) is 0 Å². The number of nitrogens with one attached hydrogen (secondary N) is 2. The molecule has 0 bridgehead atoms. The highest BCUT2D eigenvalue weighted by atomic mass is 15.2. The fourth-order valence-electron chi connectivity index (χ4n) is 1.68. The molecule has 0 spiro atoms. The van der Waals surface area contributed by atoms with E-state index in [0.717, 1.165) is 38.6 Å². The summed E-state index contributed by atoms with van der Waals surface area (Å²) in [5, 5.41) is 6.69. The first kappa shape index (κ1) is 18.2. The Morgan fingerprint density at radius 2 is 1.89 bits per heavy atom. The molecule has 0 unspecified atom stereocenters. The van der Waals surface area contributed by atoms with Crippen LogP contribution in [0.3, 0.4) is 0 Å². The van der Waals surface area contributed by atoms with Crippen LogP contribution in [-0.2, 0) is 0 Å². The zero-order valence-corrected chi connectivity index (χ0v) is 13.6. The van der Waals surface area contributed by atoms with E-state index >= 15 is 0 Å². The Balaban J connectivity index is 3.86. The van der Waals surface area contributed by atoms with Crippen molar-refractivity contribution in [3.8, 4) is 0 Å². The van der Waals surface area contributed by atoms with Crippen LogP contribution in [0.15, 0.2) is 4.99 Å². The molecule has 0 aromatic heterocycles. The summed E-state index contributed by atoms with van der Waals surface area (Å²) in [6.45, 7) is 13.8. The molecule has 2 N–H and O–H groups in total. The Morgan fingerprint density at radius 1 is 1.16 bits per heavy atom. The summed E-state index contributed by atoms with van der Waals surface area (Å²) in [6.07, 6.45) is 3.68. The fraction of sp³-hybridized carbons (Fsp3) is 0.933. The molecule has 0 aromatic rings. The zero-order chi connectivity index (χ0) is 14.5. The third-order valence-corrected chi connectivity index (χ3v) is 3.00. The Hall–Kier alpha value is -0.770. The number of nitrogens with zero attached hydrogens (tertiary/aromatic N) is 2. The smallest absolute Gasteiger partial charge is 0.191 e. The lowest BCUT2D eigenvalue weighted by molar-refractivity contribution is 0.332. The van der Waals surface area contributed by atoms with Crippen molar-refractivity contribution >= 4 is 5.96 Å². The highest BCUT2D eigenvalue weighted by molar-refractivity contribution is 5.79. The topological polar surface area (TPSA) is 39.7 Å². The molecule has 0 fully saturated rings. The molecule has 4 nitrogen and oxygen atoms in total. The van der Waals surface area contributed by atoms with Crippen LogP contribution in [-0.4, -0.2) is 50.6 Å². The normalized spacial score (nSPS) is 12.3. The quantitative estimate of drug-likeness (QED) is 0.473. The second-order valence-corrected chi connectivity index (χ2v) is 5.53. The SMILES string of the molecule is CCCCN(C)CCNC(=NCCC(C)C)NCC. The molecule has 0 aliphatic carbocycles. The van der Waals surface area contributed by atoms with Gasteiger partial charge in [-0.15, -0.1) is 0 Å². The minimum Gasteiger partial charge on any atom is -0.357 e. The van der Waals surface area contributed by atoms with Crippen LogP contribution >= 0.6 is 0 Å². The lowest BCUT2D eigenvalue weighted by Gasteiger charge is -2.18. The van der Waals surface area contributed by atoms with Crippen LogP contribution in [0, 0.1) is 5.92 Å². The van der Waals surface area contributed by atoms with E-state index in [2.05, 4.69) is 55.3 Å². The summed E-state index contributed by atoms with van der Waals surface area (Å²) < 4.78 is 0. The van der Waals surface area contributed by atoms with Crippen LogP contribution in [0.1, 0.15) is 47.0 Å². The first-order valence-corrected chi connectivity index (χ1v) is 7.80. The third kappa shape index (κ3) is 12.0. The standard InChI is InChI=1S/C15H34N4/c1-6-8-12-19(5)13-11-18-15(16-7-2)17-10-9-14(3)4/h14H,6-13H2,1-5H3,(H2,16,17,18). The van der Waals surface area contributed by atoms with Crippen molar-refractivity contribution in [1.82, 2.24) is 15.5 Å². The highest BCUT2D eigenvalue weighted by Gasteiger charge is 2.00. The molecular weight excluding hydrogens is 236 g/mol. The van der Waals surface area contributed by atoms with E-state index in [1.54, 1.807) is 0 Å². The van der Waals surface area contributed by atoms with Gasteiger partial charge in [-0.2, -0.15) is 0 Å². The first-order valence-electron chi connectivity index (χ1n) is 7.80. The molecule has 0 aliphatic heterocycles. The monoisotopic (exact) mass is 270 g/mol. The number of rotatable bonds is 10. The van der Waals surface area contributed by atoms with Gasteiger partial charge in [-0.05, 0) is 39.3 Å². The average Bonchev–Trinajstić information content (AvgIpc) is 2.36. The predicted molar refractivity (Wildman–Crippen MR) is 85.8 cm³/mol. The van der Waals surface area contributed by atoms with E-state index < -0.39 is 0 Å². The predicted octanol–water partition coefficient (Wildman–Crippen LogP) is 2.32. The average molecular weight is 270 g/mol. The summed E-state index contributed by atoms with van der Waals surface area (Å²) in [7, 11) is 2.18. The van der Waals surface area contributed by atoms with Crippen molar-refractivity contribution in [2.24, 2.45) is 10.9 Å². The van der Waals surface area contributed by atoms with E-state index in [1.165, 1.54) is 19.4 Å². The molecule has 0 rings (SSSR count). The molecular formula is C15H34N4. The largest absolute Gasteiger partial charge is 0.357 e. The number of likely N-dealkylation sites (N-methyl/N-ethyl adjacent to an activating group) is 1. The first-order chi connectivity index (χ1) is 9.10. The van der Waals surface area contributed by atoms with E-state index in [9.17, 15) is 0 Å². The van der Waals surface area contributed by atoms with Crippen LogP contribution in [0.2, 0.25) is 0 Å². The molecule has 0 aromatic carbocycles. The van der Waals surface area contributed by atoms with Crippen molar-refractivity contribution in [2.45, 2.75) is 47.0 Å². The van der Waals surface area contributed by atoms with Gasteiger partial charge in [0, 0.05) is 26.2 Å². The summed E-state index contributed by atoms with van der Waals surface area (Å²) in [6, 6.07) is 0. The van der Waals surface area contributed by atoms with Crippen molar-refractivity contribution in [2.75, 3.05) is 39.8 Å². The van der Waals surface area contributed by atoms with E-state index in [0.29, 0.717) is 5.92 Å². The highest BCUT2D eigenvalue weighted by Crippen LogP contribution is 1.98. The maximum absolute atomic E-state index is 4.59. The van der Waals surface area contributed by atoms with Gasteiger partial charge >= 0.3 is 0 Å². The maximum atomic E-state index is 4.59. The molecule has 0 heterocycles. The number of hydrogen-bond acceptors (Lipinski definition) is 2. The number of hydrogen-bond donors (Lipinski definition) is 2. The molecule has 114 valence electrons. The fourth-order valence-corrected chi connectivity index (χ4v) is 1.68. The van der Waals surface area contributed by atoms with Gasteiger partial charge in [-0.25, -0.2) is 0 Å². The Morgan fingerprint density at radius 3 is 2.47 bits per heavy atom. The minimum absolute atomic E-state index is 0.715. The number of aliphatic imine (C=N–C) groups is 1. The lowest BCUT2D eigenvalue weighted by atomic mass is 10.1. The molecule has 0 atom stereocenters. The van der Waals surface area contributed by atoms with Gasteiger partial charge in [-0.1, -0.05) is 27.2 Å².